The van der Waals surface area contributed by atoms with Crippen LogP contribution in [-0.2, 0) is 29.0 Å². The van der Waals surface area contributed by atoms with Crippen LogP contribution in [0.4, 0.5) is 20.4 Å². The van der Waals surface area contributed by atoms with Crippen LogP contribution in [0.1, 0.15) is 68.3 Å². The van der Waals surface area contributed by atoms with Gasteiger partial charge in [-0.1, -0.05) is 48.5 Å². The summed E-state index contributed by atoms with van der Waals surface area (Å²) in [5.74, 6) is -4.21. The van der Waals surface area contributed by atoms with Crippen molar-refractivity contribution < 1.29 is 32.4 Å². The summed E-state index contributed by atoms with van der Waals surface area (Å²) >= 11 is 0. The van der Waals surface area contributed by atoms with Crippen molar-refractivity contribution in [2.24, 2.45) is 11.3 Å². The number of aromatic nitrogens is 8. The molecule has 4 aromatic heterocycles. The smallest absolute Gasteiger partial charge is 0.309 e. The third-order valence-electron chi connectivity index (χ3n) is 12.1. The molecule has 7 heterocycles. The van der Waals surface area contributed by atoms with Crippen LogP contribution >= 0.6 is 0 Å². The summed E-state index contributed by atoms with van der Waals surface area (Å²) in [5.41, 5.74) is -0.632. The first-order valence-electron chi connectivity index (χ1n) is 19.3. The van der Waals surface area contributed by atoms with Crippen molar-refractivity contribution in [1.82, 2.24) is 50.5 Å². The molecular formula is C41H34F2N12O5. The number of aryl methyl sites for hydroxylation is 1. The molecule has 302 valence electrons. The SMILES string of the molecule is CN1C(=O)[C@]2(NC(=O)c3nnc(Cc4ccccc4)o3)[C@@H]3[C@H](c4nccnc41)C32CCN1C(=O)[C@@H](NC(=O)c2nn(Cc3ccccc3F)cc2F)CCc2nccnc21. The van der Waals surface area contributed by atoms with Crippen molar-refractivity contribution in [3.63, 3.8) is 0 Å². The minimum absolute atomic E-state index is 0.00150. The second-order valence-electron chi connectivity index (χ2n) is 15.3. The van der Waals surface area contributed by atoms with Gasteiger partial charge in [-0.15, -0.1) is 10.2 Å². The summed E-state index contributed by atoms with van der Waals surface area (Å²) in [6.07, 6.45) is 7.84. The van der Waals surface area contributed by atoms with Crippen molar-refractivity contribution in [3.05, 3.63) is 137 Å². The number of benzene rings is 2. The number of likely N-dealkylation sites (N-methyl/N-ethyl adjacent to an activating group) is 1. The van der Waals surface area contributed by atoms with Crippen molar-refractivity contribution in [2.45, 2.75) is 49.7 Å². The van der Waals surface area contributed by atoms with Gasteiger partial charge in [-0.3, -0.25) is 43.6 Å². The fourth-order valence-corrected chi connectivity index (χ4v) is 9.28. The van der Waals surface area contributed by atoms with Crippen LogP contribution in [0.5, 0.6) is 0 Å². The highest BCUT2D eigenvalue weighted by atomic mass is 19.1. The first kappa shape index (κ1) is 37.0. The van der Waals surface area contributed by atoms with Crippen LogP contribution in [0.15, 0.2) is 90.0 Å². The molecule has 2 aliphatic carbocycles. The van der Waals surface area contributed by atoms with E-state index in [1.807, 2.05) is 30.3 Å². The lowest BCUT2D eigenvalue weighted by Crippen LogP contribution is -2.57. The predicted octanol–water partition coefficient (Wildman–Crippen LogP) is 2.79. The zero-order valence-electron chi connectivity index (χ0n) is 31.8. The lowest BCUT2D eigenvalue weighted by Gasteiger charge is -2.31. The molecule has 17 nitrogen and oxygen atoms in total. The Hall–Kier alpha value is -7.31. The molecule has 1 unspecified atom stereocenters. The molecule has 2 fully saturated rings. The second-order valence-corrected chi connectivity index (χ2v) is 15.3. The zero-order valence-corrected chi connectivity index (χ0v) is 31.8. The number of nitrogens with zero attached hydrogens (tertiary/aromatic N) is 10. The van der Waals surface area contributed by atoms with Crippen LogP contribution < -0.4 is 20.4 Å². The normalized spacial score (nSPS) is 23.5. The minimum atomic E-state index is -1.42. The van der Waals surface area contributed by atoms with E-state index >= 15 is 4.39 Å². The molecule has 5 aliphatic rings. The highest BCUT2D eigenvalue weighted by Gasteiger charge is 3.00. The maximum Gasteiger partial charge on any atom is 0.309 e. The summed E-state index contributed by atoms with van der Waals surface area (Å²) < 4.78 is 36.3. The third-order valence-corrected chi connectivity index (χ3v) is 12.1. The molecule has 0 saturated heterocycles. The van der Waals surface area contributed by atoms with E-state index in [9.17, 15) is 23.6 Å². The average molecular weight is 813 g/mol. The number of nitrogens with one attached hydrogen (secondary N) is 2. The van der Waals surface area contributed by atoms with Crippen molar-refractivity contribution in [2.75, 3.05) is 23.4 Å². The van der Waals surface area contributed by atoms with E-state index in [4.69, 9.17) is 4.42 Å². The molecule has 2 saturated carbocycles. The van der Waals surface area contributed by atoms with E-state index in [-0.39, 0.29) is 61.4 Å². The monoisotopic (exact) mass is 812 g/mol. The van der Waals surface area contributed by atoms with Gasteiger partial charge in [0, 0.05) is 61.2 Å². The van der Waals surface area contributed by atoms with Crippen molar-refractivity contribution in [1.29, 1.82) is 0 Å². The summed E-state index contributed by atoms with van der Waals surface area (Å²) in [6, 6.07) is 14.2. The molecule has 19 heteroatoms. The van der Waals surface area contributed by atoms with Gasteiger partial charge in [-0.05, 0) is 30.9 Å². The largest absolute Gasteiger partial charge is 0.417 e. The molecule has 60 heavy (non-hydrogen) atoms. The van der Waals surface area contributed by atoms with Crippen molar-refractivity contribution in [3.8, 4) is 0 Å². The van der Waals surface area contributed by atoms with Crippen molar-refractivity contribution >= 4 is 35.3 Å². The first-order chi connectivity index (χ1) is 29.1. The number of amides is 4. The fourth-order valence-electron chi connectivity index (χ4n) is 9.28. The number of fused-ring (bicyclic) bond motifs is 2. The molecule has 3 aliphatic heterocycles. The number of rotatable bonds is 11. The Morgan fingerprint density at radius 1 is 0.900 bits per heavy atom. The van der Waals surface area contributed by atoms with Gasteiger partial charge in [0.15, 0.2) is 23.1 Å². The molecule has 2 N–H and O–H groups in total. The summed E-state index contributed by atoms with van der Waals surface area (Å²) in [6.45, 7) is -0.120. The number of carbonyl (C=O) groups is 4. The van der Waals surface area contributed by atoms with E-state index in [1.54, 1.807) is 19.3 Å². The van der Waals surface area contributed by atoms with E-state index < -0.39 is 63.9 Å². The van der Waals surface area contributed by atoms with Gasteiger partial charge in [0.2, 0.25) is 5.89 Å². The van der Waals surface area contributed by atoms with E-state index in [2.05, 4.69) is 45.9 Å². The summed E-state index contributed by atoms with van der Waals surface area (Å²) in [5, 5.41) is 17.7. The molecule has 0 radical (unpaired) electrons. The molecule has 4 amide bonds. The van der Waals surface area contributed by atoms with Gasteiger partial charge in [0.05, 0.1) is 30.6 Å². The molecule has 5 atom stereocenters. The maximum atomic E-state index is 15.1. The first-order valence-corrected chi connectivity index (χ1v) is 19.3. The van der Waals surface area contributed by atoms with Gasteiger partial charge >= 0.3 is 11.8 Å². The van der Waals surface area contributed by atoms with E-state index in [1.165, 1.54) is 46.6 Å². The maximum absolute atomic E-state index is 15.1. The topological polar surface area (TPSA) is 207 Å². The Kier molecular flexibility index (Phi) is 8.58. The Morgan fingerprint density at radius 2 is 1.65 bits per heavy atom. The molecule has 0 spiro atoms. The van der Waals surface area contributed by atoms with Crippen LogP contribution in [0, 0.1) is 23.0 Å². The Bertz CT molecular complexity index is 2730. The number of hydrogen-bond acceptors (Lipinski definition) is 12. The van der Waals surface area contributed by atoms with Crippen LogP contribution in [-0.4, -0.2) is 88.7 Å². The quantitative estimate of drug-likeness (QED) is 0.194. The van der Waals surface area contributed by atoms with Crippen LogP contribution in [0.25, 0.3) is 0 Å². The summed E-state index contributed by atoms with van der Waals surface area (Å²) in [7, 11) is 1.57. The Balaban J connectivity index is 0.916. The van der Waals surface area contributed by atoms with Gasteiger partial charge in [-0.25, -0.2) is 18.7 Å². The van der Waals surface area contributed by atoms with E-state index in [0.717, 1.165) is 16.4 Å². The highest BCUT2D eigenvalue weighted by molar-refractivity contribution is 6.11. The van der Waals surface area contributed by atoms with Gasteiger partial charge in [0.1, 0.15) is 17.4 Å². The molecule has 6 aromatic rings. The summed E-state index contributed by atoms with van der Waals surface area (Å²) in [4.78, 5) is 77.3. The van der Waals surface area contributed by atoms with Gasteiger partial charge < -0.3 is 15.1 Å². The van der Waals surface area contributed by atoms with Crippen LogP contribution in [0.2, 0.25) is 0 Å². The lowest BCUT2D eigenvalue weighted by molar-refractivity contribution is -0.123. The minimum Gasteiger partial charge on any atom is -0.417 e. The zero-order chi connectivity index (χ0) is 41.3. The number of halogens is 2. The van der Waals surface area contributed by atoms with Crippen LogP contribution in [0.3, 0.4) is 0 Å². The average Bonchev–Trinajstić information content (AvgIpc) is 3.94. The Morgan fingerprint density at radius 3 is 2.47 bits per heavy atom. The standard InChI is InChI=1S/C41H34F2N12O5/c1-53-34-31(45-15-17-47-34)29-32-40(29,41(32,39(53)59)49-36(57)37-51-50-28(60-37)19-22-7-3-2-4-8-22)13-18-55-33-26(44-14-16-46-33)11-12-27(38(55)58)48-35(56)30-25(43)21-54(52-30)20-23-9-5-6-10-24(23)42/h2-10,14-17,21,27,29,32H,11-13,18-20H2,1H3,(H,48,56)(H,49,57)/t27-,29-,32+,40?,41+/m0/s1. The van der Waals surface area contributed by atoms with Gasteiger partial charge in [-0.2, -0.15) is 5.10 Å². The number of hydrogen-bond donors (Lipinski definition) is 2. The molecular weight excluding hydrogens is 779 g/mol. The highest BCUT2D eigenvalue weighted by Crippen LogP contribution is 2.92. The fraction of sp³-hybridized carbons (Fsp3) is 0.293. The number of carbonyl (C=O) groups excluding carboxylic acids is 4. The van der Waals surface area contributed by atoms with Gasteiger partial charge in [0.25, 0.3) is 17.7 Å². The predicted molar refractivity (Wildman–Crippen MR) is 204 cm³/mol. The molecule has 11 rings (SSSR count). The molecule has 2 aromatic carbocycles. The Labute approximate surface area is 339 Å². The number of anilines is 2. The van der Waals surface area contributed by atoms with E-state index in [0.29, 0.717) is 23.6 Å². The third kappa shape index (κ3) is 5.74. The second kappa shape index (κ2) is 13.9. The molecule has 2 bridgehead atoms. The lowest BCUT2D eigenvalue weighted by atomic mass is 9.85.